The van der Waals surface area contributed by atoms with Crippen molar-refractivity contribution in [1.29, 1.82) is 0 Å². The number of hydrogen-bond acceptors (Lipinski definition) is 2. The van der Waals surface area contributed by atoms with E-state index in [1.165, 1.54) is 18.2 Å². The number of methoxy groups -OCH3 is 1. The first-order chi connectivity index (χ1) is 9.49. The fourth-order valence-corrected chi connectivity index (χ4v) is 3.64. The van der Waals surface area contributed by atoms with Crippen LogP contribution in [0.25, 0.3) is 0 Å². The molecule has 3 rings (SSSR count). The molecule has 2 atom stereocenters. The van der Waals surface area contributed by atoms with Gasteiger partial charge >= 0.3 is 5.97 Å². The van der Waals surface area contributed by atoms with Gasteiger partial charge in [0, 0.05) is 5.92 Å². The molecule has 1 aromatic carbocycles. The molecule has 2 aliphatic rings. The first kappa shape index (κ1) is 13.4. The second kappa shape index (κ2) is 4.47. The largest absolute Gasteiger partial charge is 0.468 e. The first-order valence-corrected chi connectivity index (χ1v) is 7.32. The SMILES string of the molecule is COC(=O)[C@]1(C2=CCC(C)(C)C2)C[C@H]1c1ccccc1. The number of esters is 1. The van der Waals surface area contributed by atoms with E-state index >= 15 is 0 Å². The van der Waals surface area contributed by atoms with Crippen LogP contribution in [0.5, 0.6) is 0 Å². The van der Waals surface area contributed by atoms with Crippen LogP contribution in [0.1, 0.15) is 44.6 Å². The molecule has 1 saturated carbocycles. The van der Waals surface area contributed by atoms with Crippen LogP contribution in [0.15, 0.2) is 42.0 Å². The average molecular weight is 270 g/mol. The van der Waals surface area contributed by atoms with Gasteiger partial charge in [-0.1, -0.05) is 55.8 Å². The Labute approximate surface area is 120 Å². The van der Waals surface area contributed by atoms with Crippen molar-refractivity contribution in [2.24, 2.45) is 10.8 Å². The third-order valence-corrected chi connectivity index (χ3v) is 4.86. The Bertz CT molecular complexity index is 556. The van der Waals surface area contributed by atoms with Gasteiger partial charge in [0.05, 0.1) is 12.5 Å². The predicted molar refractivity (Wildman–Crippen MR) is 79.3 cm³/mol. The van der Waals surface area contributed by atoms with E-state index in [1.54, 1.807) is 0 Å². The fraction of sp³-hybridized carbons (Fsp3) is 0.500. The topological polar surface area (TPSA) is 26.3 Å². The molecule has 2 nitrogen and oxygen atoms in total. The van der Waals surface area contributed by atoms with Gasteiger partial charge in [0.25, 0.3) is 0 Å². The summed E-state index contributed by atoms with van der Waals surface area (Å²) in [5.74, 6) is 0.228. The minimum absolute atomic E-state index is 0.0599. The highest BCUT2D eigenvalue weighted by molar-refractivity contribution is 5.86. The lowest BCUT2D eigenvalue weighted by atomic mass is 9.83. The second-order valence-electron chi connectivity index (χ2n) is 6.90. The van der Waals surface area contributed by atoms with Crippen molar-refractivity contribution in [2.75, 3.05) is 7.11 Å². The molecule has 0 amide bonds. The molecule has 0 aliphatic heterocycles. The van der Waals surface area contributed by atoms with Gasteiger partial charge in [-0.15, -0.1) is 0 Å². The number of carbonyl (C=O) groups excluding carboxylic acids is 1. The number of rotatable bonds is 3. The minimum Gasteiger partial charge on any atom is -0.468 e. The zero-order valence-electron chi connectivity index (χ0n) is 12.5. The summed E-state index contributed by atoms with van der Waals surface area (Å²) in [4.78, 5) is 12.4. The number of allylic oxidation sites excluding steroid dienone is 1. The molecule has 2 heteroatoms. The summed E-state index contributed by atoms with van der Waals surface area (Å²) >= 11 is 0. The molecular formula is C18H22O2. The summed E-state index contributed by atoms with van der Waals surface area (Å²) in [5, 5.41) is 0. The molecule has 0 heterocycles. The first-order valence-electron chi connectivity index (χ1n) is 7.32. The normalized spacial score (nSPS) is 30.8. The van der Waals surface area contributed by atoms with Crippen LogP contribution in [-0.2, 0) is 9.53 Å². The Morgan fingerprint density at radius 1 is 1.25 bits per heavy atom. The summed E-state index contributed by atoms with van der Waals surface area (Å²) < 4.78 is 5.13. The van der Waals surface area contributed by atoms with E-state index in [0.29, 0.717) is 0 Å². The van der Waals surface area contributed by atoms with Crippen LogP contribution in [0, 0.1) is 10.8 Å². The molecule has 0 N–H and O–H groups in total. The molecule has 0 unspecified atom stereocenters. The number of carbonyl (C=O) groups is 1. The van der Waals surface area contributed by atoms with E-state index in [9.17, 15) is 4.79 Å². The standard InChI is InChI=1S/C18H22O2/c1-17(2)10-9-14(11-17)18(16(19)20-3)12-15(18)13-7-5-4-6-8-13/h4-9,15H,10-12H2,1-3H3/t15-,18-/m0/s1. The van der Waals surface area contributed by atoms with E-state index in [0.717, 1.165) is 19.3 Å². The highest BCUT2D eigenvalue weighted by atomic mass is 16.5. The highest BCUT2D eigenvalue weighted by Gasteiger charge is 2.64. The highest BCUT2D eigenvalue weighted by Crippen LogP contribution is 2.67. The van der Waals surface area contributed by atoms with Crippen LogP contribution in [0.2, 0.25) is 0 Å². The molecule has 106 valence electrons. The third-order valence-electron chi connectivity index (χ3n) is 4.86. The molecule has 0 bridgehead atoms. The lowest BCUT2D eigenvalue weighted by molar-refractivity contribution is -0.145. The van der Waals surface area contributed by atoms with E-state index in [-0.39, 0.29) is 22.7 Å². The summed E-state index contributed by atoms with van der Waals surface area (Å²) in [6.45, 7) is 4.53. The molecule has 2 aliphatic carbocycles. The van der Waals surface area contributed by atoms with Crippen molar-refractivity contribution in [2.45, 2.75) is 39.0 Å². The van der Waals surface area contributed by atoms with Crippen LogP contribution in [0.4, 0.5) is 0 Å². The maximum absolute atomic E-state index is 12.4. The maximum Gasteiger partial charge on any atom is 0.316 e. The van der Waals surface area contributed by atoms with Gasteiger partial charge < -0.3 is 4.74 Å². The lowest BCUT2D eigenvalue weighted by Crippen LogP contribution is -2.22. The van der Waals surface area contributed by atoms with E-state index in [2.05, 4.69) is 32.1 Å². The molecule has 0 saturated heterocycles. The van der Waals surface area contributed by atoms with Crippen molar-refractivity contribution in [1.82, 2.24) is 0 Å². The van der Waals surface area contributed by atoms with Crippen molar-refractivity contribution in [3.05, 3.63) is 47.5 Å². The van der Waals surface area contributed by atoms with Gasteiger partial charge in [0.1, 0.15) is 0 Å². The molecule has 0 radical (unpaired) electrons. The quantitative estimate of drug-likeness (QED) is 0.611. The van der Waals surface area contributed by atoms with Gasteiger partial charge in [-0.05, 0) is 30.2 Å². The Morgan fingerprint density at radius 2 is 1.95 bits per heavy atom. The molecule has 0 spiro atoms. The Balaban J connectivity index is 1.92. The Kier molecular flexibility index (Phi) is 3.00. The fourth-order valence-electron chi connectivity index (χ4n) is 3.64. The average Bonchev–Trinajstić information content (AvgIpc) is 3.11. The van der Waals surface area contributed by atoms with Gasteiger partial charge in [0.2, 0.25) is 0 Å². The third kappa shape index (κ3) is 1.98. The van der Waals surface area contributed by atoms with Crippen molar-refractivity contribution < 1.29 is 9.53 Å². The van der Waals surface area contributed by atoms with E-state index in [1.807, 2.05) is 18.2 Å². The summed E-state index contributed by atoms with van der Waals surface area (Å²) in [7, 11) is 1.51. The maximum atomic E-state index is 12.4. The Morgan fingerprint density at radius 3 is 2.50 bits per heavy atom. The smallest absolute Gasteiger partial charge is 0.316 e. The zero-order chi connectivity index (χ0) is 14.4. The van der Waals surface area contributed by atoms with E-state index < -0.39 is 0 Å². The molecule has 1 fully saturated rings. The zero-order valence-corrected chi connectivity index (χ0v) is 12.5. The Hall–Kier alpha value is -1.57. The molecule has 20 heavy (non-hydrogen) atoms. The van der Waals surface area contributed by atoms with Gasteiger partial charge in [-0.25, -0.2) is 0 Å². The van der Waals surface area contributed by atoms with Crippen LogP contribution in [-0.4, -0.2) is 13.1 Å². The van der Waals surface area contributed by atoms with E-state index in [4.69, 9.17) is 4.74 Å². The number of ether oxygens (including phenoxy) is 1. The lowest BCUT2D eigenvalue weighted by Gasteiger charge is -2.21. The minimum atomic E-state index is -0.385. The summed E-state index contributed by atoms with van der Waals surface area (Å²) in [5.41, 5.74) is 2.44. The number of benzene rings is 1. The number of hydrogen-bond donors (Lipinski definition) is 0. The van der Waals surface area contributed by atoms with Crippen molar-refractivity contribution >= 4 is 5.97 Å². The second-order valence-corrected chi connectivity index (χ2v) is 6.90. The van der Waals surface area contributed by atoms with Gasteiger partial charge in [-0.2, -0.15) is 0 Å². The van der Waals surface area contributed by atoms with Gasteiger partial charge in [0.15, 0.2) is 0 Å². The van der Waals surface area contributed by atoms with Crippen molar-refractivity contribution in [3.8, 4) is 0 Å². The molecule has 0 aromatic heterocycles. The monoisotopic (exact) mass is 270 g/mol. The van der Waals surface area contributed by atoms with Crippen molar-refractivity contribution in [3.63, 3.8) is 0 Å². The molecule has 1 aromatic rings. The van der Waals surface area contributed by atoms with Crippen LogP contribution < -0.4 is 0 Å². The van der Waals surface area contributed by atoms with Crippen LogP contribution in [0.3, 0.4) is 0 Å². The predicted octanol–water partition coefficient (Wildman–Crippen LogP) is 4.08. The van der Waals surface area contributed by atoms with Crippen LogP contribution >= 0.6 is 0 Å². The van der Waals surface area contributed by atoms with Gasteiger partial charge in [-0.3, -0.25) is 4.79 Å². The summed E-state index contributed by atoms with van der Waals surface area (Å²) in [6.07, 6.45) is 5.24. The summed E-state index contributed by atoms with van der Waals surface area (Å²) in [6, 6.07) is 10.3. The molecular weight excluding hydrogens is 248 g/mol.